The fourth-order valence-electron chi connectivity index (χ4n) is 2.74. The summed E-state index contributed by atoms with van der Waals surface area (Å²) < 4.78 is 12.0. The largest absolute Gasteiger partial charge is 0.481 e. The van der Waals surface area contributed by atoms with Crippen LogP contribution in [0.4, 0.5) is 0 Å². The number of aliphatic carboxylic acids is 1. The van der Waals surface area contributed by atoms with Crippen molar-refractivity contribution in [1.82, 2.24) is 0 Å². The van der Waals surface area contributed by atoms with Gasteiger partial charge in [-0.2, -0.15) is 0 Å². The highest BCUT2D eigenvalue weighted by molar-refractivity contribution is 5.75. The van der Waals surface area contributed by atoms with Gasteiger partial charge in [-0.25, -0.2) is 0 Å². The van der Waals surface area contributed by atoms with Gasteiger partial charge >= 0.3 is 5.97 Å². The number of ether oxygens (including phenoxy) is 2. The van der Waals surface area contributed by atoms with E-state index >= 15 is 0 Å². The Labute approximate surface area is 108 Å². The van der Waals surface area contributed by atoms with Crippen LogP contribution in [0.5, 0.6) is 0 Å². The molecule has 0 aromatic heterocycles. The predicted octanol–water partition coefficient (Wildman–Crippen LogP) is 2.42. The van der Waals surface area contributed by atoms with Gasteiger partial charge in [0.05, 0.1) is 12.2 Å². The minimum Gasteiger partial charge on any atom is -0.481 e. The van der Waals surface area contributed by atoms with Gasteiger partial charge in [0, 0.05) is 6.42 Å². The molecular formula is C14H22O4. The lowest BCUT2D eigenvalue weighted by Gasteiger charge is -2.26. The standard InChI is InChI=1S/C14H22O4/c1-8(10-3-4-10)17-14(7-12(14)13(15)16)18-9(2)11-5-6-11/h8-12H,3-7H2,1-2H3,(H,15,16). The number of hydrogen-bond donors (Lipinski definition) is 1. The number of carboxylic acids is 1. The van der Waals surface area contributed by atoms with Crippen molar-refractivity contribution in [3.8, 4) is 0 Å². The molecule has 0 aliphatic heterocycles. The first-order valence-corrected chi connectivity index (χ1v) is 7.10. The van der Waals surface area contributed by atoms with Crippen LogP contribution in [0.1, 0.15) is 46.0 Å². The lowest BCUT2D eigenvalue weighted by molar-refractivity contribution is -0.227. The third-order valence-corrected chi connectivity index (χ3v) is 4.50. The Morgan fingerprint density at radius 2 is 1.56 bits per heavy atom. The molecule has 0 spiro atoms. The third kappa shape index (κ3) is 2.41. The molecule has 3 rings (SSSR count). The Balaban J connectivity index is 1.62. The molecule has 3 fully saturated rings. The third-order valence-electron chi connectivity index (χ3n) is 4.50. The number of hydrogen-bond acceptors (Lipinski definition) is 3. The summed E-state index contributed by atoms with van der Waals surface area (Å²) in [7, 11) is 0. The van der Waals surface area contributed by atoms with Crippen molar-refractivity contribution in [2.24, 2.45) is 17.8 Å². The summed E-state index contributed by atoms with van der Waals surface area (Å²) in [6, 6.07) is 0. The fourth-order valence-corrected chi connectivity index (χ4v) is 2.74. The maximum absolute atomic E-state index is 11.2. The summed E-state index contributed by atoms with van der Waals surface area (Å²) in [5.74, 6) is -0.870. The van der Waals surface area contributed by atoms with Crippen LogP contribution in [-0.4, -0.2) is 29.1 Å². The van der Waals surface area contributed by atoms with Gasteiger partial charge in [0.1, 0.15) is 5.92 Å². The maximum Gasteiger partial charge on any atom is 0.312 e. The molecule has 0 radical (unpaired) electrons. The second-order valence-corrected chi connectivity index (χ2v) is 6.23. The van der Waals surface area contributed by atoms with Crippen LogP contribution in [0, 0.1) is 17.8 Å². The van der Waals surface area contributed by atoms with E-state index in [2.05, 4.69) is 0 Å². The fraction of sp³-hybridized carbons (Fsp3) is 0.929. The predicted molar refractivity (Wildman–Crippen MR) is 65.0 cm³/mol. The lowest BCUT2D eigenvalue weighted by atomic mass is 10.2. The topological polar surface area (TPSA) is 55.8 Å². The summed E-state index contributed by atoms with van der Waals surface area (Å²) in [6.07, 6.45) is 5.57. The molecule has 0 amide bonds. The van der Waals surface area contributed by atoms with E-state index in [1.165, 1.54) is 25.7 Å². The van der Waals surface area contributed by atoms with E-state index in [9.17, 15) is 4.79 Å². The Bertz CT molecular complexity index is 326. The van der Waals surface area contributed by atoms with Gasteiger partial charge in [-0.1, -0.05) is 0 Å². The molecule has 0 saturated heterocycles. The highest BCUT2D eigenvalue weighted by Crippen LogP contribution is 2.53. The molecule has 0 bridgehead atoms. The summed E-state index contributed by atoms with van der Waals surface area (Å²) in [4.78, 5) is 11.2. The first-order chi connectivity index (χ1) is 8.52. The van der Waals surface area contributed by atoms with E-state index in [-0.39, 0.29) is 12.2 Å². The molecule has 3 atom stereocenters. The molecule has 18 heavy (non-hydrogen) atoms. The summed E-state index contributed by atoms with van der Waals surface area (Å²) >= 11 is 0. The van der Waals surface area contributed by atoms with Crippen LogP contribution in [0.25, 0.3) is 0 Å². The molecule has 102 valence electrons. The van der Waals surface area contributed by atoms with Gasteiger partial charge in [-0.3, -0.25) is 4.79 Å². The van der Waals surface area contributed by atoms with E-state index in [0.29, 0.717) is 18.3 Å². The Morgan fingerprint density at radius 1 is 1.11 bits per heavy atom. The maximum atomic E-state index is 11.2. The van der Waals surface area contributed by atoms with E-state index < -0.39 is 17.7 Å². The zero-order valence-electron chi connectivity index (χ0n) is 11.1. The lowest BCUT2D eigenvalue weighted by Crippen LogP contribution is -2.33. The number of carboxylic acid groups (broad SMARTS) is 1. The first kappa shape index (κ1) is 12.4. The molecule has 0 heterocycles. The van der Waals surface area contributed by atoms with Gasteiger partial charge in [0.25, 0.3) is 0 Å². The van der Waals surface area contributed by atoms with Gasteiger partial charge in [0.15, 0.2) is 5.79 Å². The molecule has 3 aliphatic rings. The first-order valence-electron chi connectivity index (χ1n) is 7.10. The second-order valence-electron chi connectivity index (χ2n) is 6.23. The molecule has 3 aliphatic carbocycles. The molecular weight excluding hydrogens is 232 g/mol. The minimum absolute atomic E-state index is 0.126. The number of carbonyl (C=O) groups is 1. The summed E-state index contributed by atoms with van der Waals surface area (Å²) in [5, 5.41) is 9.16. The molecule has 0 aromatic carbocycles. The van der Waals surface area contributed by atoms with Crippen LogP contribution in [0.3, 0.4) is 0 Å². The van der Waals surface area contributed by atoms with Crippen molar-refractivity contribution in [1.29, 1.82) is 0 Å². The Morgan fingerprint density at radius 3 is 1.83 bits per heavy atom. The zero-order chi connectivity index (χ0) is 12.9. The molecule has 3 unspecified atom stereocenters. The van der Waals surface area contributed by atoms with E-state index in [4.69, 9.17) is 14.6 Å². The van der Waals surface area contributed by atoms with Crippen LogP contribution in [0.2, 0.25) is 0 Å². The van der Waals surface area contributed by atoms with E-state index in [1.54, 1.807) is 0 Å². The zero-order valence-corrected chi connectivity index (χ0v) is 11.1. The van der Waals surface area contributed by atoms with Crippen molar-refractivity contribution in [2.45, 2.75) is 63.9 Å². The molecule has 4 heteroatoms. The van der Waals surface area contributed by atoms with Gasteiger partial charge < -0.3 is 14.6 Å². The average molecular weight is 254 g/mol. The van der Waals surface area contributed by atoms with Crippen LogP contribution in [-0.2, 0) is 14.3 Å². The van der Waals surface area contributed by atoms with Crippen LogP contribution < -0.4 is 0 Å². The van der Waals surface area contributed by atoms with Crippen molar-refractivity contribution in [3.05, 3.63) is 0 Å². The van der Waals surface area contributed by atoms with Crippen molar-refractivity contribution in [3.63, 3.8) is 0 Å². The Hall–Kier alpha value is -0.610. The van der Waals surface area contributed by atoms with Crippen molar-refractivity contribution >= 4 is 5.97 Å². The van der Waals surface area contributed by atoms with E-state index in [0.717, 1.165) is 0 Å². The van der Waals surface area contributed by atoms with Gasteiger partial charge in [0.2, 0.25) is 0 Å². The average Bonchev–Trinajstić information content (AvgIpc) is 3.09. The van der Waals surface area contributed by atoms with Gasteiger partial charge in [-0.15, -0.1) is 0 Å². The highest BCUT2D eigenvalue weighted by atomic mass is 16.7. The monoisotopic (exact) mass is 254 g/mol. The normalized spacial score (nSPS) is 38.2. The molecule has 0 aromatic rings. The second kappa shape index (κ2) is 4.20. The van der Waals surface area contributed by atoms with E-state index in [1.807, 2.05) is 13.8 Å². The van der Waals surface area contributed by atoms with Crippen LogP contribution in [0.15, 0.2) is 0 Å². The minimum atomic E-state index is -0.824. The van der Waals surface area contributed by atoms with Crippen molar-refractivity contribution in [2.75, 3.05) is 0 Å². The smallest absolute Gasteiger partial charge is 0.312 e. The molecule has 1 N–H and O–H groups in total. The molecule has 3 saturated carbocycles. The summed E-state index contributed by atoms with van der Waals surface area (Å²) in [6.45, 7) is 4.09. The van der Waals surface area contributed by atoms with Crippen molar-refractivity contribution < 1.29 is 19.4 Å². The Kier molecular flexibility index (Phi) is 2.90. The van der Waals surface area contributed by atoms with Gasteiger partial charge in [-0.05, 0) is 51.4 Å². The highest BCUT2D eigenvalue weighted by Gasteiger charge is 2.64. The number of rotatable bonds is 7. The SMILES string of the molecule is CC(OC1(OC(C)C2CC2)CC1C(=O)O)C1CC1. The van der Waals surface area contributed by atoms with Crippen LogP contribution >= 0.6 is 0 Å². The summed E-state index contributed by atoms with van der Waals surface area (Å²) in [5.41, 5.74) is 0. The molecule has 4 nitrogen and oxygen atoms in total. The quantitative estimate of drug-likeness (QED) is 0.709.